The molecule has 0 saturated heterocycles. The van der Waals surface area contributed by atoms with Gasteiger partial charge in [-0.3, -0.25) is 9.89 Å². The van der Waals surface area contributed by atoms with Crippen LogP contribution in [0, 0.1) is 0 Å². The molecule has 1 aromatic carbocycles. The number of phenolic OH excluding ortho intramolecular Hbond substituents is 1. The number of nitrogen functional groups attached to an aromatic ring is 1. The van der Waals surface area contributed by atoms with E-state index in [1.165, 1.54) is 6.21 Å². The second-order valence-corrected chi connectivity index (χ2v) is 4.09. The van der Waals surface area contributed by atoms with Crippen molar-refractivity contribution in [2.75, 3.05) is 5.73 Å². The smallest absolute Gasteiger partial charge is 0.308 e. The van der Waals surface area contributed by atoms with Crippen LogP contribution in [0.25, 0.3) is 0 Å². The van der Waals surface area contributed by atoms with E-state index in [4.69, 9.17) is 5.73 Å². The van der Waals surface area contributed by atoms with Crippen molar-refractivity contribution in [3.8, 4) is 5.75 Å². The Morgan fingerprint density at radius 2 is 2.38 bits per heavy atom. The molecule has 1 heterocycles. The molecule has 0 saturated carbocycles. The van der Waals surface area contributed by atoms with Crippen LogP contribution in [0.5, 0.6) is 5.75 Å². The number of nitrogens with one attached hydrogen (secondary N) is 2. The van der Waals surface area contributed by atoms with Crippen LogP contribution in [0.4, 0.5) is 5.95 Å². The highest BCUT2D eigenvalue weighted by atomic mass is 16.3. The van der Waals surface area contributed by atoms with E-state index in [2.05, 4.69) is 32.3 Å². The Kier molecular flexibility index (Phi) is 4.30. The van der Waals surface area contributed by atoms with E-state index >= 15 is 0 Å². The summed E-state index contributed by atoms with van der Waals surface area (Å²) in [7, 11) is 0. The third-order valence-electron chi connectivity index (χ3n) is 2.60. The number of aromatic nitrogens is 3. The van der Waals surface area contributed by atoms with Gasteiger partial charge in [0, 0.05) is 5.56 Å². The molecule has 0 radical (unpaired) electrons. The molecule has 0 spiro atoms. The van der Waals surface area contributed by atoms with Crippen LogP contribution in [-0.2, 0) is 6.42 Å². The predicted octanol–water partition coefficient (Wildman–Crippen LogP) is 0.585. The average molecular weight is 286 g/mol. The number of nitrogens with zero attached hydrogens (tertiary/aromatic N) is 3. The fourth-order valence-electron chi connectivity index (χ4n) is 1.63. The molecule has 5 N–H and O–H groups in total. The Hall–Kier alpha value is -3.16. The molecule has 0 unspecified atom stereocenters. The number of rotatable bonds is 5. The number of hydrazone groups is 1. The molecule has 0 aliphatic heterocycles. The van der Waals surface area contributed by atoms with Crippen LogP contribution >= 0.6 is 0 Å². The summed E-state index contributed by atoms with van der Waals surface area (Å²) in [4.78, 5) is 15.3. The van der Waals surface area contributed by atoms with Gasteiger partial charge in [-0.2, -0.15) is 10.1 Å². The summed E-state index contributed by atoms with van der Waals surface area (Å²) in [6.07, 6.45) is 3.56. The number of benzene rings is 1. The van der Waals surface area contributed by atoms with Crippen molar-refractivity contribution in [2.24, 2.45) is 5.10 Å². The number of phenols is 1. The Bertz CT molecular complexity index is 692. The minimum atomic E-state index is -0.586. The molecular weight excluding hydrogens is 272 g/mol. The van der Waals surface area contributed by atoms with Crippen LogP contribution in [0.2, 0.25) is 0 Å². The molecule has 8 nitrogen and oxygen atoms in total. The van der Waals surface area contributed by atoms with E-state index in [1.807, 2.05) is 0 Å². The van der Waals surface area contributed by atoms with Gasteiger partial charge in [-0.25, -0.2) is 5.43 Å². The van der Waals surface area contributed by atoms with Gasteiger partial charge in [0.15, 0.2) is 0 Å². The summed E-state index contributed by atoms with van der Waals surface area (Å²) in [6.45, 7) is 3.62. The largest absolute Gasteiger partial charge is 0.507 e. The minimum absolute atomic E-state index is 0.0288. The van der Waals surface area contributed by atoms with Crippen molar-refractivity contribution < 1.29 is 9.90 Å². The third-order valence-corrected chi connectivity index (χ3v) is 2.60. The number of nitrogens with two attached hydrogens (primary N) is 1. The van der Waals surface area contributed by atoms with Gasteiger partial charge >= 0.3 is 5.91 Å². The van der Waals surface area contributed by atoms with Gasteiger partial charge in [-0.1, -0.05) is 18.2 Å². The normalized spacial score (nSPS) is 10.7. The first-order chi connectivity index (χ1) is 10.1. The second kappa shape index (κ2) is 6.33. The van der Waals surface area contributed by atoms with Crippen molar-refractivity contribution in [3.63, 3.8) is 0 Å². The maximum absolute atomic E-state index is 11.6. The molecule has 108 valence electrons. The molecule has 1 amide bonds. The summed E-state index contributed by atoms with van der Waals surface area (Å²) < 4.78 is 0. The Balaban J connectivity index is 2.06. The number of carbonyl (C=O) groups is 1. The molecule has 21 heavy (non-hydrogen) atoms. The maximum Gasteiger partial charge on any atom is 0.308 e. The van der Waals surface area contributed by atoms with Gasteiger partial charge in [0.25, 0.3) is 0 Å². The first-order valence-corrected chi connectivity index (χ1v) is 6.05. The minimum Gasteiger partial charge on any atom is -0.507 e. The predicted molar refractivity (Wildman–Crippen MR) is 77.9 cm³/mol. The van der Waals surface area contributed by atoms with Crippen LogP contribution in [0.3, 0.4) is 0 Å². The van der Waals surface area contributed by atoms with Crippen LogP contribution in [-0.4, -0.2) is 32.4 Å². The highest BCUT2D eigenvalue weighted by molar-refractivity contribution is 5.92. The van der Waals surface area contributed by atoms with Crippen molar-refractivity contribution in [1.29, 1.82) is 0 Å². The molecule has 2 rings (SSSR count). The number of H-pyrrole nitrogens is 1. The number of carbonyl (C=O) groups excluding carboxylic acids is 1. The Morgan fingerprint density at radius 1 is 1.57 bits per heavy atom. The molecule has 0 aliphatic rings. The summed E-state index contributed by atoms with van der Waals surface area (Å²) in [5, 5.41) is 19.6. The standard InChI is InChI=1S/C13H14N6O2/c1-2-4-8-5-3-6-9(10(8)20)7-15-18-12(21)11-16-13(14)19-17-11/h2-3,5-7,20H,1,4H2,(H,18,21)(H3,14,16,17,19)/b15-7-. The number of allylic oxidation sites excluding steroid dienone is 1. The van der Waals surface area contributed by atoms with E-state index in [0.717, 1.165) is 5.56 Å². The fraction of sp³-hybridized carbons (Fsp3) is 0.0769. The monoisotopic (exact) mass is 286 g/mol. The van der Waals surface area contributed by atoms with Gasteiger partial charge in [0.1, 0.15) is 5.75 Å². The van der Waals surface area contributed by atoms with Gasteiger partial charge in [0.2, 0.25) is 11.8 Å². The molecule has 1 aromatic heterocycles. The van der Waals surface area contributed by atoms with E-state index in [-0.39, 0.29) is 17.5 Å². The molecule has 0 bridgehead atoms. The lowest BCUT2D eigenvalue weighted by atomic mass is 10.1. The molecule has 8 heteroatoms. The SMILES string of the molecule is C=CCc1cccc(/C=N\NC(=O)c2nc(N)n[nH]2)c1O. The van der Waals surface area contributed by atoms with E-state index in [0.29, 0.717) is 12.0 Å². The summed E-state index contributed by atoms with van der Waals surface area (Å²) in [5.74, 6) is -0.565. The molecule has 0 fully saturated rings. The Morgan fingerprint density at radius 3 is 3.05 bits per heavy atom. The van der Waals surface area contributed by atoms with Crippen LogP contribution in [0.1, 0.15) is 21.7 Å². The lowest BCUT2D eigenvalue weighted by molar-refractivity contribution is 0.0945. The van der Waals surface area contributed by atoms with Crippen LogP contribution < -0.4 is 11.2 Å². The lowest BCUT2D eigenvalue weighted by Gasteiger charge is -2.04. The second-order valence-electron chi connectivity index (χ2n) is 4.09. The lowest BCUT2D eigenvalue weighted by Crippen LogP contribution is -2.19. The zero-order valence-electron chi connectivity index (χ0n) is 11.1. The van der Waals surface area contributed by atoms with Crippen molar-refractivity contribution in [1.82, 2.24) is 20.6 Å². The zero-order valence-corrected chi connectivity index (χ0v) is 11.1. The van der Waals surface area contributed by atoms with Gasteiger partial charge in [-0.05, 0) is 18.1 Å². The fourth-order valence-corrected chi connectivity index (χ4v) is 1.63. The first kappa shape index (κ1) is 14.3. The highest BCUT2D eigenvalue weighted by Gasteiger charge is 2.09. The summed E-state index contributed by atoms with van der Waals surface area (Å²) >= 11 is 0. The maximum atomic E-state index is 11.6. The number of anilines is 1. The quantitative estimate of drug-likeness (QED) is 0.363. The van der Waals surface area contributed by atoms with Gasteiger partial charge in [-0.15, -0.1) is 11.7 Å². The molecular formula is C13H14N6O2. The average Bonchev–Trinajstić information content (AvgIpc) is 2.89. The highest BCUT2D eigenvalue weighted by Crippen LogP contribution is 2.21. The molecule has 2 aromatic rings. The zero-order chi connectivity index (χ0) is 15.2. The van der Waals surface area contributed by atoms with Crippen molar-refractivity contribution >= 4 is 18.1 Å². The van der Waals surface area contributed by atoms with E-state index < -0.39 is 5.91 Å². The van der Waals surface area contributed by atoms with Crippen molar-refractivity contribution in [3.05, 3.63) is 47.8 Å². The first-order valence-electron chi connectivity index (χ1n) is 6.05. The van der Waals surface area contributed by atoms with E-state index in [9.17, 15) is 9.90 Å². The summed E-state index contributed by atoms with van der Waals surface area (Å²) in [6, 6.07) is 5.23. The Labute approximate surface area is 120 Å². The van der Waals surface area contributed by atoms with Gasteiger partial charge in [0.05, 0.1) is 6.21 Å². The number of aromatic amines is 1. The topological polar surface area (TPSA) is 129 Å². The number of hydrogen-bond donors (Lipinski definition) is 4. The number of aromatic hydroxyl groups is 1. The number of hydrogen-bond acceptors (Lipinski definition) is 6. The molecule has 0 atom stereocenters. The van der Waals surface area contributed by atoms with Crippen molar-refractivity contribution in [2.45, 2.75) is 6.42 Å². The molecule has 0 aliphatic carbocycles. The number of para-hydroxylation sites is 1. The third kappa shape index (κ3) is 3.44. The number of amides is 1. The van der Waals surface area contributed by atoms with Crippen LogP contribution in [0.15, 0.2) is 36.0 Å². The summed E-state index contributed by atoms with van der Waals surface area (Å²) in [5.41, 5.74) is 8.74. The van der Waals surface area contributed by atoms with E-state index in [1.54, 1.807) is 24.3 Å². The van der Waals surface area contributed by atoms with Gasteiger partial charge < -0.3 is 10.8 Å².